The summed E-state index contributed by atoms with van der Waals surface area (Å²) < 4.78 is 0. The van der Waals surface area contributed by atoms with Gasteiger partial charge < -0.3 is 0 Å². The molecule has 0 aliphatic heterocycles. The highest BCUT2D eigenvalue weighted by atomic mass is 16.1. The molecule has 11 heavy (non-hydrogen) atoms. The highest BCUT2D eigenvalue weighted by Crippen LogP contribution is 2.21. The van der Waals surface area contributed by atoms with E-state index < -0.39 is 0 Å². The van der Waals surface area contributed by atoms with Crippen LogP contribution >= 0.6 is 0 Å². The van der Waals surface area contributed by atoms with Crippen LogP contribution < -0.4 is 0 Å². The quantitative estimate of drug-likeness (QED) is 0.429. The molecule has 0 amide bonds. The molecule has 0 radical (unpaired) electrons. The summed E-state index contributed by atoms with van der Waals surface area (Å²) in [6, 6.07) is -0.0698. The first-order chi connectivity index (χ1) is 5.36. The van der Waals surface area contributed by atoms with Crippen molar-refractivity contribution in [2.45, 2.75) is 18.9 Å². The highest BCUT2D eigenvalue weighted by Gasteiger charge is 2.15. The van der Waals surface area contributed by atoms with Crippen molar-refractivity contribution >= 4 is 12.2 Å². The number of aliphatic imine (C=N–C) groups is 2. The zero-order chi connectivity index (χ0) is 8.10. The van der Waals surface area contributed by atoms with Crippen LogP contribution in [0.15, 0.2) is 21.8 Å². The van der Waals surface area contributed by atoms with E-state index in [0.717, 1.165) is 0 Å². The molecule has 1 aliphatic carbocycles. The van der Waals surface area contributed by atoms with Gasteiger partial charge in [-0.05, 0) is 6.42 Å². The van der Waals surface area contributed by atoms with Crippen molar-refractivity contribution < 1.29 is 9.59 Å². The Bertz CT molecular complexity index is 270. The van der Waals surface area contributed by atoms with Crippen molar-refractivity contribution in [3.8, 4) is 0 Å². The van der Waals surface area contributed by atoms with Gasteiger partial charge in [-0.3, -0.25) is 0 Å². The van der Waals surface area contributed by atoms with Crippen LogP contribution in [0.4, 0.5) is 0 Å². The first-order valence-corrected chi connectivity index (χ1v) is 3.20. The lowest BCUT2D eigenvalue weighted by molar-refractivity contribution is 0.557. The number of hydrogen-bond acceptors (Lipinski definition) is 4. The number of isocyanates is 2. The second-order valence-electron chi connectivity index (χ2n) is 2.21. The van der Waals surface area contributed by atoms with Crippen LogP contribution in [0.5, 0.6) is 0 Å². The highest BCUT2D eigenvalue weighted by molar-refractivity contribution is 5.39. The van der Waals surface area contributed by atoms with E-state index in [1.54, 1.807) is 6.08 Å². The lowest BCUT2D eigenvalue weighted by Gasteiger charge is -1.95. The molecule has 0 spiro atoms. The van der Waals surface area contributed by atoms with Crippen molar-refractivity contribution in [2.75, 3.05) is 0 Å². The molecule has 4 nitrogen and oxygen atoms in total. The topological polar surface area (TPSA) is 58.9 Å². The fraction of sp³-hybridized carbons (Fsp3) is 0.429. The molecule has 1 unspecified atom stereocenters. The van der Waals surface area contributed by atoms with Gasteiger partial charge in [-0.25, -0.2) is 14.6 Å². The fourth-order valence-electron chi connectivity index (χ4n) is 1.00. The van der Waals surface area contributed by atoms with E-state index in [1.807, 2.05) is 0 Å². The largest absolute Gasteiger partial charge is 0.240 e. The predicted octanol–water partition coefficient (Wildman–Crippen LogP) is 0.704. The number of nitrogens with zero attached hydrogens (tertiary/aromatic N) is 2. The minimum Gasteiger partial charge on any atom is -0.211 e. The number of carbonyl (C=O) groups excluding carboxylic acids is 2. The maximum absolute atomic E-state index is 9.80. The second-order valence-corrected chi connectivity index (χ2v) is 2.21. The maximum Gasteiger partial charge on any atom is 0.240 e. The number of rotatable bonds is 2. The van der Waals surface area contributed by atoms with E-state index >= 15 is 0 Å². The Balaban J connectivity index is 2.55. The summed E-state index contributed by atoms with van der Waals surface area (Å²) in [4.78, 5) is 26.5. The standard InChI is InChI=1S/C7H6N2O2/c10-4-8-6-1-2-7(3-6)9-5-11/h1,7H,2-3H2. The van der Waals surface area contributed by atoms with E-state index in [9.17, 15) is 9.59 Å². The Labute approximate surface area is 63.3 Å². The second kappa shape index (κ2) is 3.62. The molecule has 4 heteroatoms. The monoisotopic (exact) mass is 150 g/mol. The average Bonchev–Trinajstić information content (AvgIpc) is 2.38. The van der Waals surface area contributed by atoms with E-state index in [-0.39, 0.29) is 6.04 Å². The molecule has 56 valence electrons. The smallest absolute Gasteiger partial charge is 0.211 e. The van der Waals surface area contributed by atoms with E-state index in [1.165, 1.54) is 12.2 Å². The summed E-state index contributed by atoms with van der Waals surface area (Å²) in [6.45, 7) is 0. The SMILES string of the molecule is O=C=NC1=CCC(N=C=O)C1. The Morgan fingerprint density at radius 2 is 2.27 bits per heavy atom. The third-order valence-corrected chi connectivity index (χ3v) is 1.49. The molecule has 0 fully saturated rings. The van der Waals surface area contributed by atoms with Crippen LogP contribution in [0, 0.1) is 0 Å². The molecule has 1 rings (SSSR count). The summed E-state index contributed by atoms with van der Waals surface area (Å²) in [5, 5.41) is 0. The third kappa shape index (κ3) is 1.97. The van der Waals surface area contributed by atoms with Gasteiger partial charge >= 0.3 is 0 Å². The molecule has 0 saturated heterocycles. The van der Waals surface area contributed by atoms with Crippen LogP contribution in [-0.2, 0) is 9.59 Å². The minimum absolute atomic E-state index is 0.0698. The Morgan fingerprint density at radius 1 is 1.45 bits per heavy atom. The summed E-state index contributed by atoms with van der Waals surface area (Å²) in [6.07, 6.45) is 5.90. The third-order valence-electron chi connectivity index (χ3n) is 1.49. The summed E-state index contributed by atoms with van der Waals surface area (Å²) in [5.41, 5.74) is 0.656. The van der Waals surface area contributed by atoms with Crippen LogP contribution in [0.2, 0.25) is 0 Å². The molecule has 0 saturated carbocycles. The van der Waals surface area contributed by atoms with Crippen LogP contribution in [-0.4, -0.2) is 18.2 Å². The summed E-state index contributed by atoms with van der Waals surface area (Å²) >= 11 is 0. The van der Waals surface area contributed by atoms with Crippen molar-refractivity contribution in [3.05, 3.63) is 11.8 Å². The molecule has 0 bridgehead atoms. The van der Waals surface area contributed by atoms with E-state index in [4.69, 9.17) is 0 Å². The lowest BCUT2D eigenvalue weighted by Crippen LogP contribution is -1.95. The van der Waals surface area contributed by atoms with Crippen molar-refractivity contribution in [1.29, 1.82) is 0 Å². The van der Waals surface area contributed by atoms with E-state index in [2.05, 4.69) is 9.98 Å². The molecule has 0 aromatic rings. The first kappa shape index (κ1) is 7.61. The predicted molar refractivity (Wildman–Crippen MR) is 37.3 cm³/mol. The maximum atomic E-state index is 9.80. The molecular weight excluding hydrogens is 144 g/mol. The Morgan fingerprint density at radius 3 is 2.91 bits per heavy atom. The fourth-order valence-corrected chi connectivity index (χ4v) is 1.00. The zero-order valence-corrected chi connectivity index (χ0v) is 5.78. The average molecular weight is 150 g/mol. The van der Waals surface area contributed by atoms with Gasteiger partial charge in [-0.15, -0.1) is 0 Å². The van der Waals surface area contributed by atoms with Crippen molar-refractivity contribution in [1.82, 2.24) is 0 Å². The molecule has 1 atom stereocenters. The summed E-state index contributed by atoms with van der Waals surface area (Å²) in [5.74, 6) is 0. The van der Waals surface area contributed by atoms with Gasteiger partial charge in [0.05, 0.1) is 11.7 Å². The van der Waals surface area contributed by atoms with Gasteiger partial charge in [-0.1, -0.05) is 6.08 Å². The first-order valence-electron chi connectivity index (χ1n) is 3.20. The molecule has 1 aliphatic rings. The van der Waals surface area contributed by atoms with Gasteiger partial charge in [0, 0.05) is 6.42 Å². The van der Waals surface area contributed by atoms with Crippen LogP contribution in [0.25, 0.3) is 0 Å². The minimum atomic E-state index is -0.0698. The summed E-state index contributed by atoms with van der Waals surface area (Å²) in [7, 11) is 0. The zero-order valence-electron chi connectivity index (χ0n) is 5.78. The van der Waals surface area contributed by atoms with Crippen LogP contribution in [0.1, 0.15) is 12.8 Å². The van der Waals surface area contributed by atoms with Gasteiger partial charge in [-0.2, -0.15) is 4.99 Å². The van der Waals surface area contributed by atoms with Gasteiger partial charge in [0.15, 0.2) is 0 Å². The molecule has 0 N–H and O–H groups in total. The van der Waals surface area contributed by atoms with Gasteiger partial charge in [0.2, 0.25) is 12.2 Å². The Kier molecular flexibility index (Phi) is 2.50. The normalized spacial score (nSPS) is 21.5. The Hall–Kier alpha value is -1.50. The lowest BCUT2D eigenvalue weighted by atomic mass is 10.2. The van der Waals surface area contributed by atoms with Crippen molar-refractivity contribution in [3.63, 3.8) is 0 Å². The molecular formula is C7H6N2O2. The van der Waals surface area contributed by atoms with E-state index in [0.29, 0.717) is 18.5 Å². The van der Waals surface area contributed by atoms with Crippen LogP contribution in [0.3, 0.4) is 0 Å². The molecule has 0 heterocycles. The number of hydrogen-bond donors (Lipinski definition) is 0. The van der Waals surface area contributed by atoms with Crippen molar-refractivity contribution in [2.24, 2.45) is 9.98 Å². The van der Waals surface area contributed by atoms with Gasteiger partial charge in [0.25, 0.3) is 0 Å². The molecule has 0 aromatic carbocycles. The van der Waals surface area contributed by atoms with Gasteiger partial charge in [0.1, 0.15) is 0 Å². The molecule has 0 aromatic heterocycles.